The average molecular weight is 503 g/mol. The molecular formula is C21H34N4O10. The molecule has 0 aromatic rings. The number of amides is 4. The van der Waals surface area contributed by atoms with Crippen molar-refractivity contribution in [3.8, 4) is 0 Å². The summed E-state index contributed by atoms with van der Waals surface area (Å²) in [6.45, 7) is 5.84. The van der Waals surface area contributed by atoms with Gasteiger partial charge >= 0.3 is 11.9 Å². The molecular weight excluding hydrogens is 468 g/mol. The number of aliphatic hydroxyl groups is 1. The summed E-state index contributed by atoms with van der Waals surface area (Å²) < 4.78 is 0. The van der Waals surface area contributed by atoms with E-state index in [9.17, 15) is 38.7 Å². The number of aliphatic carboxylic acids is 2. The minimum Gasteiger partial charge on any atom is -0.481 e. The number of nitrogens with one attached hydrogen (secondary N) is 4. The molecule has 14 nitrogen and oxygen atoms in total. The Bertz CT molecular complexity index is 801. The second-order valence-corrected chi connectivity index (χ2v) is 8.13. The van der Waals surface area contributed by atoms with Crippen LogP contribution in [-0.2, 0) is 33.6 Å². The molecule has 0 saturated heterocycles. The molecule has 3 unspecified atom stereocenters. The molecule has 0 aliphatic carbocycles. The minimum atomic E-state index is -1.65. The highest BCUT2D eigenvalue weighted by atomic mass is 16.4. The standard InChI is InChI=1S/C21H34N4O10/c1-5-10(2)17(22-12(4)28)20(34)24-14(6-7-15(29)30)19(33)25-18(11(3)27)21(35)23-13(9-26)8-16(31)32/h9-11,13-14,17-18,27H,5-8H2,1-4H3,(H,22,28)(H,23,35)(H,24,34)(H,25,33)(H,29,30)(H,31,32)/t10-,11+,13?,14-,17?,18?/m0/s1. The van der Waals surface area contributed by atoms with Crippen LogP contribution in [0.25, 0.3) is 0 Å². The zero-order valence-corrected chi connectivity index (χ0v) is 20.1. The van der Waals surface area contributed by atoms with Crippen molar-refractivity contribution in [1.29, 1.82) is 0 Å². The Labute approximate surface area is 202 Å². The van der Waals surface area contributed by atoms with E-state index in [4.69, 9.17) is 10.2 Å². The van der Waals surface area contributed by atoms with Crippen molar-refractivity contribution in [2.75, 3.05) is 0 Å². The van der Waals surface area contributed by atoms with Gasteiger partial charge < -0.3 is 41.4 Å². The van der Waals surface area contributed by atoms with Crippen molar-refractivity contribution >= 4 is 41.9 Å². The van der Waals surface area contributed by atoms with E-state index in [1.165, 1.54) is 6.92 Å². The van der Waals surface area contributed by atoms with Crippen LogP contribution >= 0.6 is 0 Å². The van der Waals surface area contributed by atoms with E-state index in [0.29, 0.717) is 6.42 Å². The zero-order valence-electron chi connectivity index (χ0n) is 20.1. The first-order chi connectivity index (χ1) is 16.2. The fourth-order valence-corrected chi connectivity index (χ4v) is 2.97. The van der Waals surface area contributed by atoms with Gasteiger partial charge in [-0.2, -0.15) is 0 Å². The molecule has 7 N–H and O–H groups in total. The van der Waals surface area contributed by atoms with E-state index in [0.717, 1.165) is 6.92 Å². The van der Waals surface area contributed by atoms with E-state index in [-0.39, 0.29) is 18.6 Å². The number of hydrogen-bond donors (Lipinski definition) is 7. The smallest absolute Gasteiger partial charge is 0.305 e. The van der Waals surface area contributed by atoms with Crippen LogP contribution in [0.5, 0.6) is 0 Å². The van der Waals surface area contributed by atoms with Crippen LogP contribution < -0.4 is 21.3 Å². The van der Waals surface area contributed by atoms with Gasteiger partial charge in [0.25, 0.3) is 0 Å². The first-order valence-electron chi connectivity index (χ1n) is 11.0. The van der Waals surface area contributed by atoms with E-state index in [1.54, 1.807) is 13.8 Å². The van der Waals surface area contributed by atoms with Crippen LogP contribution in [0, 0.1) is 5.92 Å². The lowest BCUT2D eigenvalue weighted by Crippen LogP contribution is -2.60. The van der Waals surface area contributed by atoms with Gasteiger partial charge in [-0.15, -0.1) is 0 Å². The normalized spacial score (nSPS) is 15.8. The third kappa shape index (κ3) is 11.9. The highest BCUT2D eigenvalue weighted by molar-refractivity contribution is 5.95. The quantitative estimate of drug-likeness (QED) is 0.114. The van der Waals surface area contributed by atoms with Crippen LogP contribution in [0.15, 0.2) is 0 Å². The number of aliphatic hydroxyl groups excluding tert-OH is 1. The summed E-state index contributed by atoms with van der Waals surface area (Å²) >= 11 is 0. The van der Waals surface area contributed by atoms with Gasteiger partial charge in [0.1, 0.15) is 24.4 Å². The summed E-state index contributed by atoms with van der Waals surface area (Å²) in [5, 5.41) is 36.9. The Kier molecular flexibility index (Phi) is 13.8. The number of carboxylic acids is 2. The molecule has 0 bridgehead atoms. The molecule has 0 fully saturated rings. The minimum absolute atomic E-state index is 0.180. The van der Waals surface area contributed by atoms with Crippen LogP contribution in [0.4, 0.5) is 0 Å². The third-order valence-electron chi connectivity index (χ3n) is 5.08. The van der Waals surface area contributed by atoms with E-state index in [2.05, 4.69) is 21.3 Å². The van der Waals surface area contributed by atoms with Crippen molar-refractivity contribution in [1.82, 2.24) is 21.3 Å². The molecule has 0 aromatic heterocycles. The van der Waals surface area contributed by atoms with Gasteiger partial charge in [0.15, 0.2) is 0 Å². The number of rotatable bonds is 16. The van der Waals surface area contributed by atoms with Gasteiger partial charge in [-0.3, -0.25) is 28.8 Å². The SMILES string of the molecule is CC[C@H](C)C(NC(C)=O)C(=O)N[C@@H](CCC(=O)O)C(=O)NC(C(=O)NC(C=O)CC(=O)O)[C@@H](C)O. The molecule has 198 valence electrons. The maximum absolute atomic E-state index is 12.9. The number of aldehydes is 1. The summed E-state index contributed by atoms with van der Waals surface area (Å²) in [7, 11) is 0. The second-order valence-electron chi connectivity index (χ2n) is 8.13. The van der Waals surface area contributed by atoms with Crippen molar-refractivity contribution in [2.45, 2.75) is 83.6 Å². The molecule has 0 saturated carbocycles. The Hall–Kier alpha value is -3.55. The molecule has 4 amide bonds. The van der Waals surface area contributed by atoms with Crippen LogP contribution in [0.3, 0.4) is 0 Å². The van der Waals surface area contributed by atoms with Crippen LogP contribution in [0.2, 0.25) is 0 Å². The highest BCUT2D eigenvalue weighted by Crippen LogP contribution is 2.10. The van der Waals surface area contributed by atoms with Crippen LogP contribution in [-0.4, -0.2) is 87.4 Å². The summed E-state index contributed by atoms with van der Waals surface area (Å²) in [6.07, 6.45) is -2.44. The second kappa shape index (κ2) is 15.4. The fraction of sp³-hybridized carbons (Fsp3) is 0.667. The summed E-state index contributed by atoms with van der Waals surface area (Å²) in [5.74, 6) is -6.27. The van der Waals surface area contributed by atoms with Crippen molar-refractivity contribution in [3.05, 3.63) is 0 Å². The van der Waals surface area contributed by atoms with Gasteiger partial charge in [0, 0.05) is 13.3 Å². The first kappa shape index (κ1) is 31.4. The topological polar surface area (TPSA) is 228 Å². The first-order valence-corrected chi connectivity index (χ1v) is 11.0. The van der Waals surface area contributed by atoms with Gasteiger partial charge in [-0.25, -0.2) is 0 Å². The maximum atomic E-state index is 12.9. The van der Waals surface area contributed by atoms with E-state index in [1.807, 2.05) is 0 Å². The predicted octanol–water partition coefficient (Wildman–Crippen LogP) is -2.09. The third-order valence-corrected chi connectivity index (χ3v) is 5.08. The molecule has 0 heterocycles. The Balaban J connectivity index is 5.69. The molecule has 14 heteroatoms. The lowest BCUT2D eigenvalue weighted by Gasteiger charge is -2.28. The molecule has 35 heavy (non-hydrogen) atoms. The molecule has 0 aromatic carbocycles. The number of carbonyl (C=O) groups excluding carboxylic acids is 5. The van der Waals surface area contributed by atoms with Gasteiger partial charge in [0.2, 0.25) is 23.6 Å². The maximum Gasteiger partial charge on any atom is 0.305 e. The fourth-order valence-electron chi connectivity index (χ4n) is 2.97. The Morgan fingerprint density at radius 2 is 1.40 bits per heavy atom. The van der Waals surface area contributed by atoms with Gasteiger partial charge in [-0.05, 0) is 19.3 Å². The summed E-state index contributed by atoms with van der Waals surface area (Å²) in [6, 6.07) is -5.54. The van der Waals surface area contributed by atoms with Gasteiger partial charge in [0.05, 0.1) is 18.6 Å². The lowest BCUT2D eigenvalue weighted by molar-refractivity contribution is -0.140. The molecule has 6 atom stereocenters. The van der Waals surface area contributed by atoms with Crippen molar-refractivity contribution in [2.24, 2.45) is 5.92 Å². The molecule has 0 radical (unpaired) electrons. The number of carboxylic acid groups (broad SMARTS) is 2. The molecule has 0 aliphatic heterocycles. The Morgan fingerprint density at radius 3 is 1.83 bits per heavy atom. The predicted molar refractivity (Wildman–Crippen MR) is 120 cm³/mol. The number of hydrogen-bond acceptors (Lipinski definition) is 8. The molecule has 0 spiro atoms. The number of carbonyl (C=O) groups is 7. The van der Waals surface area contributed by atoms with Crippen molar-refractivity contribution < 1.29 is 48.9 Å². The van der Waals surface area contributed by atoms with E-state index >= 15 is 0 Å². The van der Waals surface area contributed by atoms with Gasteiger partial charge in [-0.1, -0.05) is 20.3 Å². The largest absolute Gasteiger partial charge is 0.481 e. The van der Waals surface area contributed by atoms with Crippen LogP contribution in [0.1, 0.15) is 53.4 Å². The summed E-state index contributed by atoms with van der Waals surface area (Å²) in [4.78, 5) is 82.5. The van der Waals surface area contributed by atoms with E-state index < -0.39 is 78.7 Å². The average Bonchev–Trinajstić information content (AvgIpc) is 2.76. The molecule has 0 aliphatic rings. The van der Waals surface area contributed by atoms with Crippen molar-refractivity contribution in [3.63, 3.8) is 0 Å². The Morgan fingerprint density at radius 1 is 0.829 bits per heavy atom. The molecule has 0 rings (SSSR count). The zero-order chi connectivity index (χ0) is 27.3. The lowest BCUT2D eigenvalue weighted by atomic mass is 9.97. The monoisotopic (exact) mass is 502 g/mol. The summed E-state index contributed by atoms with van der Waals surface area (Å²) in [5.41, 5.74) is 0. The highest BCUT2D eigenvalue weighted by Gasteiger charge is 2.33.